The third kappa shape index (κ3) is 6.01. The van der Waals surface area contributed by atoms with Gasteiger partial charge in [0.25, 0.3) is 5.91 Å². The lowest BCUT2D eigenvalue weighted by Crippen LogP contribution is -2.29. The molecule has 1 saturated heterocycles. The number of hydrogen-bond acceptors (Lipinski definition) is 5. The van der Waals surface area contributed by atoms with Gasteiger partial charge in [-0.05, 0) is 80.0 Å². The van der Waals surface area contributed by atoms with Gasteiger partial charge in [-0.2, -0.15) is 0 Å². The van der Waals surface area contributed by atoms with Crippen molar-refractivity contribution in [2.24, 2.45) is 0 Å². The van der Waals surface area contributed by atoms with Crippen LogP contribution in [0.4, 0.5) is 5.69 Å². The molecule has 0 bridgehead atoms. The number of fused-ring (bicyclic) bond motifs is 1. The van der Waals surface area contributed by atoms with Crippen molar-refractivity contribution in [3.05, 3.63) is 88.9 Å². The standard InChI is InChI=1S/C29H28ClN3O3S/c1-37(35,36)24-10-11-25(26(30)18-24)29(34)31-23-7-5-6-21(17-23)28-13-9-22-16-20(8-12-27(22)32-28)19-33-14-3-2-4-15-33/h5-13,16-18H,2-4,14-15,19H2,1H3,(H,31,34). The van der Waals surface area contributed by atoms with Gasteiger partial charge >= 0.3 is 0 Å². The molecule has 37 heavy (non-hydrogen) atoms. The molecule has 0 radical (unpaired) electrons. The van der Waals surface area contributed by atoms with Crippen molar-refractivity contribution in [2.75, 3.05) is 24.7 Å². The highest BCUT2D eigenvalue weighted by atomic mass is 35.5. The van der Waals surface area contributed by atoms with Crippen LogP contribution in [-0.2, 0) is 16.4 Å². The zero-order valence-corrected chi connectivity index (χ0v) is 22.1. The lowest BCUT2D eigenvalue weighted by Gasteiger charge is -2.26. The molecule has 4 aromatic rings. The number of piperidine rings is 1. The highest BCUT2D eigenvalue weighted by Crippen LogP contribution is 2.26. The molecule has 1 aromatic heterocycles. The number of carbonyl (C=O) groups is 1. The van der Waals surface area contributed by atoms with Crippen molar-refractivity contribution in [2.45, 2.75) is 30.7 Å². The summed E-state index contributed by atoms with van der Waals surface area (Å²) < 4.78 is 23.5. The first-order valence-corrected chi connectivity index (χ1v) is 14.6. The van der Waals surface area contributed by atoms with E-state index in [1.54, 1.807) is 6.07 Å². The lowest BCUT2D eigenvalue weighted by molar-refractivity contribution is 0.102. The first-order valence-electron chi connectivity index (χ1n) is 12.3. The average molecular weight is 534 g/mol. The minimum atomic E-state index is -3.41. The van der Waals surface area contributed by atoms with Gasteiger partial charge in [-0.3, -0.25) is 9.69 Å². The second kappa shape index (κ2) is 10.6. The number of halogens is 1. The van der Waals surface area contributed by atoms with Crippen molar-refractivity contribution < 1.29 is 13.2 Å². The summed E-state index contributed by atoms with van der Waals surface area (Å²) in [5, 5.41) is 4.03. The Morgan fingerprint density at radius 3 is 2.54 bits per heavy atom. The van der Waals surface area contributed by atoms with E-state index in [2.05, 4.69) is 34.5 Å². The van der Waals surface area contributed by atoms with E-state index in [9.17, 15) is 13.2 Å². The van der Waals surface area contributed by atoms with E-state index in [0.29, 0.717) is 5.69 Å². The lowest BCUT2D eigenvalue weighted by atomic mass is 10.1. The van der Waals surface area contributed by atoms with Crippen LogP contribution in [0.15, 0.2) is 77.7 Å². The second-order valence-corrected chi connectivity index (χ2v) is 11.9. The molecule has 1 N–H and O–H groups in total. The molecule has 6 nitrogen and oxygen atoms in total. The number of rotatable bonds is 6. The molecule has 5 rings (SSSR count). The number of hydrogen-bond donors (Lipinski definition) is 1. The molecule has 1 aliphatic rings. The SMILES string of the molecule is CS(=O)(=O)c1ccc(C(=O)Nc2cccc(-c3ccc4cc(CN5CCCCC5)ccc4n3)c2)c(Cl)c1. The Morgan fingerprint density at radius 2 is 1.78 bits per heavy atom. The Kier molecular flexibility index (Phi) is 7.29. The summed E-state index contributed by atoms with van der Waals surface area (Å²) in [5.74, 6) is -0.421. The number of anilines is 1. The number of likely N-dealkylation sites (tertiary alicyclic amines) is 1. The molecule has 0 unspecified atom stereocenters. The van der Waals surface area contributed by atoms with Crippen LogP contribution in [0.3, 0.4) is 0 Å². The Hall–Kier alpha value is -3.26. The first kappa shape index (κ1) is 25.4. The monoisotopic (exact) mass is 533 g/mol. The molecule has 0 spiro atoms. The van der Waals surface area contributed by atoms with Gasteiger partial charge < -0.3 is 5.32 Å². The topological polar surface area (TPSA) is 79.4 Å². The van der Waals surface area contributed by atoms with Crippen molar-refractivity contribution >= 4 is 43.9 Å². The van der Waals surface area contributed by atoms with E-state index in [1.165, 1.54) is 56.1 Å². The van der Waals surface area contributed by atoms with Crippen LogP contribution in [0, 0.1) is 0 Å². The maximum atomic E-state index is 12.8. The van der Waals surface area contributed by atoms with Gasteiger partial charge in [-0.15, -0.1) is 0 Å². The van der Waals surface area contributed by atoms with E-state index >= 15 is 0 Å². The van der Waals surface area contributed by atoms with E-state index in [1.807, 2.05) is 24.3 Å². The number of nitrogens with zero attached hydrogens (tertiary/aromatic N) is 2. The molecule has 1 amide bonds. The van der Waals surface area contributed by atoms with Gasteiger partial charge in [-0.1, -0.05) is 42.3 Å². The smallest absolute Gasteiger partial charge is 0.257 e. The van der Waals surface area contributed by atoms with Crippen molar-refractivity contribution in [3.63, 3.8) is 0 Å². The summed E-state index contributed by atoms with van der Waals surface area (Å²) in [6, 6.07) is 22.1. The molecule has 3 aromatic carbocycles. The van der Waals surface area contributed by atoms with Crippen LogP contribution >= 0.6 is 11.6 Å². The molecule has 1 fully saturated rings. The molecule has 0 atom stereocenters. The fraction of sp³-hybridized carbons (Fsp3) is 0.241. The quantitative estimate of drug-likeness (QED) is 0.319. The molecule has 1 aliphatic heterocycles. The number of amides is 1. The van der Waals surface area contributed by atoms with Crippen LogP contribution in [0.5, 0.6) is 0 Å². The van der Waals surface area contributed by atoms with Gasteiger partial charge in [0.2, 0.25) is 0 Å². The van der Waals surface area contributed by atoms with Gasteiger partial charge in [0.1, 0.15) is 0 Å². The minimum absolute atomic E-state index is 0.0667. The average Bonchev–Trinajstić information content (AvgIpc) is 2.88. The number of nitrogens with one attached hydrogen (secondary N) is 1. The van der Waals surface area contributed by atoms with Crippen molar-refractivity contribution in [1.29, 1.82) is 0 Å². The number of aromatic nitrogens is 1. The summed E-state index contributed by atoms with van der Waals surface area (Å²) in [7, 11) is -3.41. The first-order chi connectivity index (χ1) is 17.8. The molecule has 0 saturated carbocycles. The minimum Gasteiger partial charge on any atom is -0.322 e. The summed E-state index contributed by atoms with van der Waals surface area (Å²) in [4.78, 5) is 20.3. The second-order valence-electron chi connectivity index (χ2n) is 9.51. The van der Waals surface area contributed by atoms with Gasteiger partial charge in [-0.25, -0.2) is 13.4 Å². The molecule has 0 aliphatic carbocycles. The van der Waals surface area contributed by atoms with Crippen LogP contribution in [0.25, 0.3) is 22.2 Å². The van der Waals surface area contributed by atoms with Crippen LogP contribution in [-0.4, -0.2) is 43.6 Å². The van der Waals surface area contributed by atoms with Crippen LogP contribution in [0.2, 0.25) is 5.02 Å². The molecule has 2 heterocycles. The van der Waals surface area contributed by atoms with E-state index in [0.717, 1.165) is 35.0 Å². The Labute approximate surface area is 222 Å². The Bertz CT molecular complexity index is 1580. The largest absolute Gasteiger partial charge is 0.322 e. The van der Waals surface area contributed by atoms with Crippen molar-refractivity contribution in [3.8, 4) is 11.3 Å². The molecule has 8 heteroatoms. The normalized spacial score (nSPS) is 14.5. The third-order valence-electron chi connectivity index (χ3n) is 6.64. The van der Waals surface area contributed by atoms with Gasteiger partial charge in [0.15, 0.2) is 9.84 Å². The maximum Gasteiger partial charge on any atom is 0.257 e. The van der Waals surface area contributed by atoms with Crippen LogP contribution in [0.1, 0.15) is 35.2 Å². The van der Waals surface area contributed by atoms with E-state index in [4.69, 9.17) is 16.6 Å². The van der Waals surface area contributed by atoms with Gasteiger partial charge in [0, 0.05) is 29.4 Å². The zero-order chi connectivity index (χ0) is 26.0. The molecule has 190 valence electrons. The molecular formula is C29H28ClN3O3S. The third-order valence-corrected chi connectivity index (χ3v) is 8.06. The zero-order valence-electron chi connectivity index (χ0n) is 20.6. The number of pyridine rings is 1. The summed E-state index contributed by atoms with van der Waals surface area (Å²) >= 11 is 6.21. The Balaban J connectivity index is 1.33. The fourth-order valence-corrected chi connectivity index (χ4v) is 5.65. The summed E-state index contributed by atoms with van der Waals surface area (Å²) in [6.45, 7) is 3.31. The van der Waals surface area contributed by atoms with E-state index < -0.39 is 15.7 Å². The number of carbonyl (C=O) groups excluding carboxylic acids is 1. The Morgan fingerprint density at radius 1 is 0.973 bits per heavy atom. The van der Waals surface area contributed by atoms with Crippen molar-refractivity contribution in [1.82, 2.24) is 9.88 Å². The highest BCUT2D eigenvalue weighted by molar-refractivity contribution is 7.90. The maximum absolute atomic E-state index is 12.8. The number of sulfone groups is 1. The predicted octanol–water partition coefficient (Wildman–Crippen LogP) is 6.20. The van der Waals surface area contributed by atoms with Crippen LogP contribution < -0.4 is 5.32 Å². The van der Waals surface area contributed by atoms with E-state index in [-0.39, 0.29) is 15.5 Å². The highest BCUT2D eigenvalue weighted by Gasteiger charge is 2.16. The predicted molar refractivity (Wildman–Crippen MR) is 149 cm³/mol. The van der Waals surface area contributed by atoms with Gasteiger partial charge in [0.05, 0.1) is 26.7 Å². The molecular weight excluding hydrogens is 506 g/mol. The summed E-state index contributed by atoms with van der Waals surface area (Å²) in [6.07, 6.45) is 4.98. The fourth-order valence-electron chi connectivity index (χ4n) is 4.68. The summed E-state index contributed by atoms with van der Waals surface area (Å²) in [5.41, 5.74) is 4.69. The number of benzene rings is 3.